The first-order valence-electron chi connectivity index (χ1n) is 13.4. The maximum atomic E-state index is 11.8. The lowest BCUT2D eigenvalue weighted by atomic mass is 9.87. The van der Waals surface area contributed by atoms with Crippen molar-refractivity contribution >= 4 is 22.5 Å². The smallest absolute Gasteiger partial charge is 0.233 e. The summed E-state index contributed by atoms with van der Waals surface area (Å²) in [5.41, 5.74) is 10.1. The molecule has 1 aromatic carbocycles. The van der Waals surface area contributed by atoms with E-state index >= 15 is 0 Å². The zero-order valence-corrected chi connectivity index (χ0v) is 21.8. The van der Waals surface area contributed by atoms with Crippen LogP contribution in [0.1, 0.15) is 79.5 Å². The number of hydrogen-bond donors (Lipinski definition) is 2. The molecule has 0 bridgehead atoms. The molecule has 4 aromatic rings. The molecule has 1 saturated heterocycles. The first-order valence-corrected chi connectivity index (χ1v) is 13.4. The van der Waals surface area contributed by atoms with Gasteiger partial charge in [0.2, 0.25) is 5.91 Å². The van der Waals surface area contributed by atoms with Crippen LogP contribution in [0.5, 0.6) is 0 Å². The number of carbonyl (C=O) groups is 1. The Bertz CT molecular complexity index is 1440. The number of likely N-dealkylation sites (tertiary alicyclic amines) is 1. The second-order valence-electron chi connectivity index (χ2n) is 11.0. The number of amides is 1. The predicted molar refractivity (Wildman–Crippen MR) is 144 cm³/mol. The van der Waals surface area contributed by atoms with Gasteiger partial charge in [-0.15, -0.1) is 0 Å². The van der Waals surface area contributed by atoms with Gasteiger partial charge in [0, 0.05) is 35.3 Å². The van der Waals surface area contributed by atoms with Crippen molar-refractivity contribution in [2.24, 2.45) is 0 Å². The molecule has 36 heavy (non-hydrogen) atoms. The molecule has 6 rings (SSSR count). The van der Waals surface area contributed by atoms with Crippen LogP contribution in [-0.2, 0) is 4.79 Å². The zero-order chi connectivity index (χ0) is 25.0. The predicted octanol–water partition coefficient (Wildman–Crippen LogP) is 5.11. The molecule has 7 nitrogen and oxygen atoms in total. The molecule has 2 N–H and O–H groups in total. The summed E-state index contributed by atoms with van der Waals surface area (Å²) in [7, 11) is 1.71. The SMILES string of the molecule is CNC(=O)CN1CCC(c2ccc3[nH]c(-c4cn5ncnc5c(C5CC5)c4C)c(C(C)C)c3c2)CC1. The number of fused-ring (bicyclic) bond motifs is 2. The van der Waals surface area contributed by atoms with Crippen molar-refractivity contribution in [1.82, 2.24) is 29.8 Å². The number of piperidine rings is 1. The normalized spacial score (nSPS) is 17.5. The van der Waals surface area contributed by atoms with Crippen LogP contribution in [0, 0.1) is 6.92 Å². The minimum atomic E-state index is 0.0977. The number of hydrogen-bond acceptors (Lipinski definition) is 4. The molecule has 1 amide bonds. The van der Waals surface area contributed by atoms with E-state index in [2.05, 4.69) is 70.5 Å². The van der Waals surface area contributed by atoms with E-state index in [1.54, 1.807) is 13.4 Å². The lowest BCUT2D eigenvalue weighted by Crippen LogP contribution is -2.40. The lowest BCUT2D eigenvalue weighted by molar-refractivity contribution is -0.122. The van der Waals surface area contributed by atoms with Gasteiger partial charge < -0.3 is 10.3 Å². The quantitative estimate of drug-likeness (QED) is 0.399. The van der Waals surface area contributed by atoms with Crippen molar-refractivity contribution in [3.8, 4) is 11.3 Å². The van der Waals surface area contributed by atoms with Crippen LogP contribution >= 0.6 is 0 Å². The molecule has 188 valence electrons. The fourth-order valence-corrected chi connectivity index (χ4v) is 6.19. The molecule has 0 spiro atoms. The third kappa shape index (κ3) is 3.99. The fraction of sp³-hybridized carbons (Fsp3) is 0.483. The second kappa shape index (κ2) is 9.04. The molecule has 0 atom stereocenters. The lowest BCUT2D eigenvalue weighted by Gasteiger charge is -2.31. The Balaban J connectivity index is 1.38. The summed E-state index contributed by atoms with van der Waals surface area (Å²) in [6.07, 6.45) is 8.48. The number of nitrogens with zero attached hydrogens (tertiary/aromatic N) is 4. The van der Waals surface area contributed by atoms with Gasteiger partial charge in [0.05, 0.1) is 12.2 Å². The minimum Gasteiger partial charge on any atom is -0.358 e. The van der Waals surface area contributed by atoms with E-state index in [1.807, 2.05) is 4.52 Å². The average molecular weight is 485 g/mol. The molecule has 1 aliphatic heterocycles. The number of aromatic amines is 1. The molecular weight excluding hydrogens is 448 g/mol. The van der Waals surface area contributed by atoms with Crippen LogP contribution in [0.2, 0.25) is 0 Å². The Hall–Kier alpha value is -3.19. The van der Waals surface area contributed by atoms with Crippen LogP contribution in [0.15, 0.2) is 30.7 Å². The van der Waals surface area contributed by atoms with Gasteiger partial charge in [0.15, 0.2) is 5.65 Å². The van der Waals surface area contributed by atoms with Gasteiger partial charge in [-0.25, -0.2) is 9.50 Å². The number of carbonyl (C=O) groups excluding carboxylic acids is 1. The van der Waals surface area contributed by atoms with Gasteiger partial charge in [-0.05, 0) is 92.3 Å². The average Bonchev–Trinajstić information content (AvgIpc) is 3.47. The second-order valence-corrected chi connectivity index (χ2v) is 11.0. The highest BCUT2D eigenvalue weighted by Crippen LogP contribution is 2.46. The van der Waals surface area contributed by atoms with E-state index in [1.165, 1.54) is 57.3 Å². The first-order chi connectivity index (χ1) is 17.4. The molecule has 4 heterocycles. The monoisotopic (exact) mass is 484 g/mol. The van der Waals surface area contributed by atoms with Crippen LogP contribution in [-0.4, -0.2) is 57.1 Å². The molecule has 1 aliphatic carbocycles. The molecule has 3 aromatic heterocycles. The number of benzene rings is 1. The van der Waals surface area contributed by atoms with Gasteiger partial charge in [-0.2, -0.15) is 5.10 Å². The summed E-state index contributed by atoms with van der Waals surface area (Å²) in [6.45, 7) is 9.27. The Morgan fingerprint density at radius 3 is 2.64 bits per heavy atom. The number of nitrogens with one attached hydrogen (secondary N) is 2. The van der Waals surface area contributed by atoms with E-state index in [-0.39, 0.29) is 5.91 Å². The minimum absolute atomic E-state index is 0.0977. The molecule has 0 radical (unpaired) electrons. The van der Waals surface area contributed by atoms with Crippen molar-refractivity contribution in [2.45, 2.75) is 64.2 Å². The maximum Gasteiger partial charge on any atom is 0.233 e. The van der Waals surface area contributed by atoms with Crippen LogP contribution in [0.25, 0.3) is 27.8 Å². The van der Waals surface area contributed by atoms with E-state index in [9.17, 15) is 4.79 Å². The third-order valence-corrected chi connectivity index (χ3v) is 8.27. The van der Waals surface area contributed by atoms with Gasteiger partial charge in [0.1, 0.15) is 6.33 Å². The largest absolute Gasteiger partial charge is 0.358 e. The Morgan fingerprint density at radius 2 is 1.94 bits per heavy atom. The van der Waals surface area contributed by atoms with E-state index in [4.69, 9.17) is 0 Å². The summed E-state index contributed by atoms with van der Waals surface area (Å²) in [6, 6.07) is 6.99. The highest BCUT2D eigenvalue weighted by atomic mass is 16.1. The number of likely N-dealkylation sites (N-methyl/N-ethyl adjacent to an activating group) is 1. The van der Waals surface area contributed by atoms with Crippen LogP contribution in [0.4, 0.5) is 0 Å². The molecule has 7 heteroatoms. The van der Waals surface area contributed by atoms with Crippen molar-refractivity contribution in [2.75, 3.05) is 26.7 Å². The molecule has 2 fully saturated rings. The van der Waals surface area contributed by atoms with E-state index in [0.29, 0.717) is 24.3 Å². The van der Waals surface area contributed by atoms with Crippen LogP contribution in [0.3, 0.4) is 0 Å². The summed E-state index contributed by atoms with van der Waals surface area (Å²) in [4.78, 5) is 22.4. The van der Waals surface area contributed by atoms with E-state index < -0.39 is 0 Å². The highest BCUT2D eigenvalue weighted by Gasteiger charge is 2.31. The number of pyridine rings is 1. The summed E-state index contributed by atoms with van der Waals surface area (Å²) in [5.74, 6) is 1.61. The number of H-pyrrole nitrogens is 1. The number of aromatic nitrogens is 4. The highest BCUT2D eigenvalue weighted by molar-refractivity contribution is 5.93. The summed E-state index contributed by atoms with van der Waals surface area (Å²) < 4.78 is 1.96. The Labute approximate surface area is 212 Å². The molecule has 0 unspecified atom stereocenters. The topological polar surface area (TPSA) is 78.3 Å². The van der Waals surface area contributed by atoms with Gasteiger partial charge in [0.25, 0.3) is 0 Å². The fourth-order valence-electron chi connectivity index (χ4n) is 6.19. The van der Waals surface area contributed by atoms with E-state index in [0.717, 1.165) is 31.6 Å². The zero-order valence-electron chi connectivity index (χ0n) is 21.8. The van der Waals surface area contributed by atoms with Crippen molar-refractivity contribution in [1.29, 1.82) is 0 Å². The summed E-state index contributed by atoms with van der Waals surface area (Å²) >= 11 is 0. The van der Waals surface area contributed by atoms with Crippen LogP contribution < -0.4 is 5.32 Å². The Morgan fingerprint density at radius 1 is 1.17 bits per heavy atom. The van der Waals surface area contributed by atoms with Crippen molar-refractivity contribution in [3.63, 3.8) is 0 Å². The molecular formula is C29H36N6O. The van der Waals surface area contributed by atoms with Crippen molar-refractivity contribution in [3.05, 3.63) is 53.0 Å². The molecule has 2 aliphatic rings. The first kappa shape index (κ1) is 23.2. The van der Waals surface area contributed by atoms with Gasteiger partial charge in [-0.3, -0.25) is 9.69 Å². The number of rotatable bonds is 6. The third-order valence-electron chi connectivity index (χ3n) is 8.27. The Kier molecular flexibility index (Phi) is 5.83. The molecule has 1 saturated carbocycles. The van der Waals surface area contributed by atoms with Crippen molar-refractivity contribution < 1.29 is 4.79 Å². The van der Waals surface area contributed by atoms with Gasteiger partial charge in [-0.1, -0.05) is 19.9 Å². The standard InChI is InChI=1S/C29H36N6O/c1-17(2)26-22-13-21(19-9-11-34(12-10-19)15-25(36)30-4)7-8-24(22)33-28(26)23-14-35-29(31-16-32-35)27(18(23)3)20-5-6-20/h7-8,13-14,16-17,19-20,33H,5-6,9-12,15H2,1-4H3,(H,30,36). The van der Waals surface area contributed by atoms with Gasteiger partial charge >= 0.3 is 0 Å². The maximum absolute atomic E-state index is 11.8. The summed E-state index contributed by atoms with van der Waals surface area (Å²) in [5, 5.41) is 8.58.